The third-order valence-electron chi connectivity index (χ3n) is 3.14. The van der Waals surface area contributed by atoms with Gasteiger partial charge in [-0.15, -0.1) is 0 Å². The van der Waals surface area contributed by atoms with Gasteiger partial charge in [-0.05, 0) is 25.0 Å². The summed E-state index contributed by atoms with van der Waals surface area (Å²) >= 11 is 0. The quantitative estimate of drug-likeness (QED) is 0.809. The van der Waals surface area contributed by atoms with Crippen LogP contribution in [0, 0.1) is 0 Å². The number of hydrogen-bond acceptors (Lipinski definition) is 4. The first-order chi connectivity index (χ1) is 8.27. The molecule has 0 saturated heterocycles. The van der Waals surface area contributed by atoms with Crippen LogP contribution >= 0.6 is 0 Å². The summed E-state index contributed by atoms with van der Waals surface area (Å²) in [5, 5.41) is 0. The van der Waals surface area contributed by atoms with Gasteiger partial charge in [-0.25, -0.2) is 9.97 Å². The molecule has 4 heteroatoms. The zero-order valence-electron chi connectivity index (χ0n) is 9.67. The molecule has 0 spiro atoms. The number of benzene rings is 1. The first-order valence-corrected chi connectivity index (χ1v) is 5.71. The Labute approximate surface area is 100 Å². The highest BCUT2D eigenvalue weighted by Crippen LogP contribution is 2.38. The van der Waals surface area contributed by atoms with E-state index in [1.807, 2.05) is 6.07 Å². The third-order valence-corrected chi connectivity index (χ3v) is 3.14. The Kier molecular flexibility index (Phi) is 2.21. The van der Waals surface area contributed by atoms with Crippen molar-refractivity contribution in [3.8, 4) is 0 Å². The van der Waals surface area contributed by atoms with Gasteiger partial charge in [-0.2, -0.15) is 0 Å². The van der Waals surface area contributed by atoms with E-state index in [0.717, 1.165) is 12.2 Å². The molecule has 0 aliphatic carbocycles. The van der Waals surface area contributed by atoms with Crippen LogP contribution in [0.2, 0.25) is 0 Å². The molecule has 2 aromatic rings. The van der Waals surface area contributed by atoms with Crippen molar-refractivity contribution in [3.05, 3.63) is 42.2 Å². The first-order valence-electron chi connectivity index (χ1n) is 5.71. The van der Waals surface area contributed by atoms with E-state index >= 15 is 0 Å². The summed E-state index contributed by atoms with van der Waals surface area (Å²) in [6.07, 6.45) is 4.32. The van der Waals surface area contributed by atoms with Crippen LogP contribution in [-0.4, -0.2) is 16.0 Å². The van der Waals surface area contributed by atoms with Crippen LogP contribution in [0.25, 0.3) is 0 Å². The fraction of sp³-hybridized carbons (Fsp3) is 0.231. The number of aromatic nitrogens is 2. The number of fused-ring (bicyclic) bond motifs is 1. The SMILES string of the molecule is CC1Cc2ccccc2N1c1nccnc1N. The summed E-state index contributed by atoms with van der Waals surface area (Å²) in [6, 6.07) is 8.73. The highest BCUT2D eigenvalue weighted by molar-refractivity contribution is 5.74. The number of nitrogens with two attached hydrogens (primary N) is 1. The Balaban J connectivity index is 2.13. The molecule has 0 fully saturated rings. The molecule has 0 saturated carbocycles. The van der Waals surface area contributed by atoms with Crippen molar-refractivity contribution in [1.29, 1.82) is 0 Å². The second-order valence-corrected chi connectivity index (χ2v) is 4.32. The topological polar surface area (TPSA) is 55.0 Å². The lowest BCUT2D eigenvalue weighted by molar-refractivity contribution is 0.750. The smallest absolute Gasteiger partial charge is 0.176 e. The van der Waals surface area contributed by atoms with Crippen LogP contribution in [0.15, 0.2) is 36.7 Å². The van der Waals surface area contributed by atoms with Crippen LogP contribution < -0.4 is 10.6 Å². The second-order valence-electron chi connectivity index (χ2n) is 4.32. The first kappa shape index (κ1) is 10.1. The lowest BCUT2D eigenvalue weighted by Crippen LogP contribution is -2.26. The van der Waals surface area contributed by atoms with E-state index < -0.39 is 0 Å². The number of hydrogen-bond donors (Lipinski definition) is 1. The Hall–Kier alpha value is -2.10. The van der Waals surface area contributed by atoms with Gasteiger partial charge in [-0.1, -0.05) is 18.2 Å². The summed E-state index contributed by atoms with van der Waals surface area (Å²) in [4.78, 5) is 10.6. The fourth-order valence-electron chi connectivity index (χ4n) is 2.42. The highest BCUT2D eigenvalue weighted by atomic mass is 15.3. The lowest BCUT2D eigenvalue weighted by Gasteiger charge is -2.24. The van der Waals surface area contributed by atoms with E-state index in [4.69, 9.17) is 5.73 Å². The molecule has 17 heavy (non-hydrogen) atoms. The van der Waals surface area contributed by atoms with E-state index in [1.54, 1.807) is 12.4 Å². The van der Waals surface area contributed by atoms with E-state index in [2.05, 4.69) is 40.0 Å². The summed E-state index contributed by atoms with van der Waals surface area (Å²) in [5.74, 6) is 1.24. The summed E-state index contributed by atoms with van der Waals surface area (Å²) in [5.41, 5.74) is 8.43. The van der Waals surface area contributed by atoms with Gasteiger partial charge in [0.25, 0.3) is 0 Å². The molecule has 1 aliphatic heterocycles. The van der Waals surface area contributed by atoms with E-state index in [1.165, 1.54) is 11.3 Å². The zero-order chi connectivity index (χ0) is 11.8. The van der Waals surface area contributed by atoms with E-state index in [0.29, 0.717) is 11.9 Å². The van der Waals surface area contributed by atoms with Crippen LogP contribution in [0.1, 0.15) is 12.5 Å². The molecule has 1 unspecified atom stereocenters. The van der Waals surface area contributed by atoms with Crippen LogP contribution in [0.3, 0.4) is 0 Å². The number of anilines is 3. The largest absolute Gasteiger partial charge is 0.381 e. The molecule has 2 heterocycles. The predicted octanol–water partition coefficient (Wildman–Crippen LogP) is 2.14. The van der Waals surface area contributed by atoms with Crippen molar-refractivity contribution in [2.75, 3.05) is 10.6 Å². The number of para-hydroxylation sites is 1. The van der Waals surface area contributed by atoms with Gasteiger partial charge in [0.1, 0.15) is 0 Å². The Morgan fingerprint density at radius 1 is 1.24 bits per heavy atom. The van der Waals surface area contributed by atoms with Crippen molar-refractivity contribution < 1.29 is 0 Å². The van der Waals surface area contributed by atoms with E-state index in [9.17, 15) is 0 Å². The summed E-state index contributed by atoms with van der Waals surface area (Å²) in [6.45, 7) is 2.17. The summed E-state index contributed by atoms with van der Waals surface area (Å²) < 4.78 is 0. The summed E-state index contributed by atoms with van der Waals surface area (Å²) in [7, 11) is 0. The van der Waals surface area contributed by atoms with Crippen molar-refractivity contribution in [2.24, 2.45) is 0 Å². The molecule has 1 aromatic heterocycles. The van der Waals surface area contributed by atoms with Gasteiger partial charge in [-0.3, -0.25) is 0 Å². The average molecular weight is 226 g/mol. The minimum atomic E-state index is 0.367. The number of nitrogens with zero attached hydrogens (tertiary/aromatic N) is 3. The molecule has 86 valence electrons. The zero-order valence-corrected chi connectivity index (χ0v) is 9.67. The minimum Gasteiger partial charge on any atom is -0.381 e. The molecule has 2 N–H and O–H groups in total. The van der Waals surface area contributed by atoms with Gasteiger partial charge in [0.15, 0.2) is 11.6 Å². The fourth-order valence-corrected chi connectivity index (χ4v) is 2.42. The second kappa shape index (κ2) is 3.73. The molecule has 3 rings (SSSR count). The lowest BCUT2D eigenvalue weighted by atomic mass is 10.1. The molecular formula is C13H14N4. The molecule has 1 aliphatic rings. The van der Waals surface area contributed by atoms with Gasteiger partial charge < -0.3 is 10.6 Å². The third kappa shape index (κ3) is 1.53. The minimum absolute atomic E-state index is 0.367. The van der Waals surface area contributed by atoms with Crippen molar-refractivity contribution >= 4 is 17.3 Å². The Bertz CT molecular complexity index is 553. The Morgan fingerprint density at radius 3 is 2.82 bits per heavy atom. The van der Waals surface area contributed by atoms with E-state index in [-0.39, 0.29) is 0 Å². The van der Waals surface area contributed by atoms with Gasteiger partial charge in [0.2, 0.25) is 0 Å². The maximum Gasteiger partial charge on any atom is 0.176 e. The van der Waals surface area contributed by atoms with Gasteiger partial charge >= 0.3 is 0 Å². The Morgan fingerprint density at radius 2 is 2.00 bits per heavy atom. The van der Waals surface area contributed by atoms with Crippen molar-refractivity contribution in [2.45, 2.75) is 19.4 Å². The van der Waals surface area contributed by atoms with Crippen molar-refractivity contribution in [3.63, 3.8) is 0 Å². The van der Waals surface area contributed by atoms with Crippen molar-refractivity contribution in [1.82, 2.24) is 9.97 Å². The average Bonchev–Trinajstić information content (AvgIpc) is 2.66. The molecule has 1 aromatic carbocycles. The van der Waals surface area contributed by atoms with Gasteiger partial charge in [0, 0.05) is 24.1 Å². The molecule has 4 nitrogen and oxygen atoms in total. The van der Waals surface area contributed by atoms with Crippen LogP contribution in [-0.2, 0) is 6.42 Å². The standard InChI is InChI=1S/C13H14N4/c1-9-8-10-4-2-3-5-11(10)17(9)13-12(14)15-6-7-16-13/h2-7,9H,8H2,1H3,(H2,14,15). The molecule has 0 bridgehead atoms. The monoisotopic (exact) mass is 226 g/mol. The highest BCUT2D eigenvalue weighted by Gasteiger charge is 2.28. The molecule has 0 amide bonds. The maximum absolute atomic E-state index is 5.90. The normalized spacial score (nSPS) is 18.2. The predicted molar refractivity (Wildman–Crippen MR) is 68.2 cm³/mol. The number of nitrogen functional groups attached to an aromatic ring is 1. The number of rotatable bonds is 1. The van der Waals surface area contributed by atoms with Crippen LogP contribution in [0.4, 0.5) is 17.3 Å². The van der Waals surface area contributed by atoms with Gasteiger partial charge in [0.05, 0.1) is 0 Å². The van der Waals surface area contributed by atoms with Crippen LogP contribution in [0.5, 0.6) is 0 Å². The molecule has 1 atom stereocenters. The maximum atomic E-state index is 5.90. The molecule has 0 radical (unpaired) electrons. The molecular weight excluding hydrogens is 212 g/mol.